The molecule has 6 heteroatoms. The van der Waals surface area contributed by atoms with E-state index < -0.39 is 0 Å². The third-order valence-electron chi connectivity index (χ3n) is 1.81. The fraction of sp³-hybridized carbons (Fsp3) is 0.700. The SMILES string of the molecule is COCCOCCc1noc(CC(C)=O)n1. The lowest BCUT2D eigenvalue weighted by molar-refractivity contribution is -0.116. The zero-order valence-corrected chi connectivity index (χ0v) is 9.56. The molecule has 0 bridgehead atoms. The van der Waals surface area contributed by atoms with Crippen molar-refractivity contribution in [2.24, 2.45) is 0 Å². The quantitative estimate of drug-likeness (QED) is 0.600. The van der Waals surface area contributed by atoms with E-state index in [0.29, 0.717) is 38.0 Å². The smallest absolute Gasteiger partial charge is 0.234 e. The minimum atomic E-state index is 0.00606. The molecule has 0 aliphatic rings. The Labute approximate surface area is 93.9 Å². The van der Waals surface area contributed by atoms with Gasteiger partial charge in [-0.2, -0.15) is 4.98 Å². The van der Waals surface area contributed by atoms with E-state index in [9.17, 15) is 4.79 Å². The molecule has 0 amide bonds. The van der Waals surface area contributed by atoms with E-state index in [-0.39, 0.29) is 12.2 Å². The predicted octanol–water partition coefficient (Wildman–Crippen LogP) is 0.407. The molecule has 0 atom stereocenters. The number of hydrogen-bond donors (Lipinski definition) is 0. The number of ether oxygens (including phenoxy) is 2. The Kier molecular flexibility index (Phi) is 5.66. The van der Waals surface area contributed by atoms with Crippen molar-refractivity contribution < 1.29 is 18.8 Å². The molecule has 0 spiro atoms. The third kappa shape index (κ3) is 4.99. The van der Waals surface area contributed by atoms with Gasteiger partial charge in [-0.15, -0.1) is 0 Å². The van der Waals surface area contributed by atoms with Crippen molar-refractivity contribution in [3.05, 3.63) is 11.7 Å². The minimum absolute atomic E-state index is 0.00606. The van der Waals surface area contributed by atoms with Crippen LogP contribution in [0.4, 0.5) is 0 Å². The maximum absolute atomic E-state index is 10.8. The van der Waals surface area contributed by atoms with Crippen molar-refractivity contribution in [3.63, 3.8) is 0 Å². The normalized spacial score (nSPS) is 10.6. The molecular formula is C10H16N2O4. The van der Waals surface area contributed by atoms with Gasteiger partial charge in [0.2, 0.25) is 5.89 Å². The first-order valence-electron chi connectivity index (χ1n) is 5.10. The van der Waals surface area contributed by atoms with Crippen LogP contribution in [0.1, 0.15) is 18.6 Å². The molecule has 1 aromatic rings. The van der Waals surface area contributed by atoms with Crippen LogP contribution in [0.25, 0.3) is 0 Å². The number of hydrogen-bond acceptors (Lipinski definition) is 6. The maximum atomic E-state index is 10.8. The number of nitrogens with zero attached hydrogens (tertiary/aromatic N) is 2. The first kappa shape index (κ1) is 12.8. The van der Waals surface area contributed by atoms with Crippen LogP contribution in [0.15, 0.2) is 4.52 Å². The monoisotopic (exact) mass is 228 g/mol. The summed E-state index contributed by atoms with van der Waals surface area (Å²) in [5.41, 5.74) is 0. The summed E-state index contributed by atoms with van der Waals surface area (Å²) in [5, 5.41) is 3.74. The summed E-state index contributed by atoms with van der Waals surface area (Å²) in [6.45, 7) is 3.12. The van der Waals surface area contributed by atoms with Gasteiger partial charge in [0, 0.05) is 13.5 Å². The number of Topliss-reactive ketones (excluding diaryl/α,β-unsaturated/α-hetero) is 1. The molecule has 0 fully saturated rings. The molecule has 0 aliphatic carbocycles. The zero-order chi connectivity index (χ0) is 11.8. The topological polar surface area (TPSA) is 74.5 Å². The average Bonchev–Trinajstić information content (AvgIpc) is 2.64. The zero-order valence-electron chi connectivity index (χ0n) is 9.56. The molecule has 6 nitrogen and oxygen atoms in total. The van der Waals surface area contributed by atoms with Crippen LogP contribution in [0.3, 0.4) is 0 Å². The van der Waals surface area contributed by atoms with E-state index in [0.717, 1.165) is 0 Å². The van der Waals surface area contributed by atoms with Crippen LogP contribution in [0, 0.1) is 0 Å². The summed E-state index contributed by atoms with van der Waals surface area (Å²) in [6.07, 6.45) is 0.767. The van der Waals surface area contributed by atoms with Gasteiger partial charge in [0.15, 0.2) is 5.82 Å². The minimum Gasteiger partial charge on any atom is -0.382 e. The lowest BCUT2D eigenvalue weighted by Gasteiger charge is -1.99. The third-order valence-corrected chi connectivity index (χ3v) is 1.81. The van der Waals surface area contributed by atoms with Gasteiger partial charge < -0.3 is 14.0 Å². The summed E-state index contributed by atoms with van der Waals surface area (Å²) in [6, 6.07) is 0. The van der Waals surface area contributed by atoms with Gasteiger partial charge in [0.25, 0.3) is 0 Å². The number of aromatic nitrogens is 2. The highest BCUT2D eigenvalue weighted by molar-refractivity contribution is 5.77. The largest absolute Gasteiger partial charge is 0.382 e. The highest BCUT2D eigenvalue weighted by atomic mass is 16.5. The summed E-state index contributed by atoms with van der Waals surface area (Å²) >= 11 is 0. The molecule has 0 saturated heterocycles. The summed E-state index contributed by atoms with van der Waals surface area (Å²) < 4.78 is 15.0. The molecule has 0 saturated carbocycles. The second-order valence-electron chi connectivity index (χ2n) is 3.34. The Morgan fingerprint density at radius 2 is 2.19 bits per heavy atom. The summed E-state index contributed by atoms with van der Waals surface area (Å²) in [5.74, 6) is 0.930. The number of methoxy groups -OCH3 is 1. The highest BCUT2D eigenvalue weighted by Crippen LogP contribution is 2.00. The van der Waals surface area contributed by atoms with Gasteiger partial charge in [-0.05, 0) is 6.92 Å². The van der Waals surface area contributed by atoms with Crippen LogP contribution in [0.5, 0.6) is 0 Å². The van der Waals surface area contributed by atoms with Crippen molar-refractivity contribution in [1.82, 2.24) is 10.1 Å². The molecule has 16 heavy (non-hydrogen) atoms. The second-order valence-corrected chi connectivity index (χ2v) is 3.34. The number of rotatable bonds is 8. The fourth-order valence-corrected chi connectivity index (χ4v) is 1.08. The van der Waals surface area contributed by atoms with Crippen molar-refractivity contribution in [1.29, 1.82) is 0 Å². The first-order chi connectivity index (χ1) is 7.72. The second kappa shape index (κ2) is 7.08. The van der Waals surface area contributed by atoms with Gasteiger partial charge in [-0.3, -0.25) is 4.79 Å². The number of carbonyl (C=O) groups is 1. The molecule has 90 valence electrons. The van der Waals surface area contributed by atoms with Gasteiger partial charge >= 0.3 is 0 Å². The van der Waals surface area contributed by atoms with Crippen molar-refractivity contribution in [3.8, 4) is 0 Å². The molecule has 0 N–H and O–H groups in total. The number of carbonyl (C=O) groups excluding carboxylic acids is 1. The Morgan fingerprint density at radius 1 is 1.38 bits per heavy atom. The van der Waals surface area contributed by atoms with Gasteiger partial charge in [0.1, 0.15) is 5.78 Å². The molecular weight excluding hydrogens is 212 g/mol. The van der Waals surface area contributed by atoms with Crippen molar-refractivity contribution in [2.75, 3.05) is 26.9 Å². The molecule has 1 heterocycles. The molecule has 0 unspecified atom stereocenters. The van der Waals surface area contributed by atoms with Crippen LogP contribution >= 0.6 is 0 Å². The first-order valence-corrected chi connectivity index (χ1v) is 5.10. The molecule has 0 aliphatic heterocycles. The molecule has 0 aromatic carbocycles. The Bertz CT molecular complexity index is 324. The average molecular weight is 228 g/mol. The van der Waals surface area contributed by atoms with Gasteiger partial charge in [-0.1, -0.05) is 5.16 Å². The summed E-state index contributed by atoms with van der Waals surface area (Å²) in [4.78, 5) is 14.8. The molecule has 0 radical (unpaired) electrons. The van der Waals surface area contributed by atoms with E-state index in [1.54, 1.807) is 7.11 Å². The van der Waals surface area contributed by atoms with Crippen LogP contribution in [0.2, 0.25) is 0 Å². The van der Waals surface area contributed by atoms with E-state index >= 15 is 0 Å². The standard InChI is InChI=1S/C10H16N2O4/c1-8(13)7-10-11-9(12-16-10)3-4-15-6-5-14-2/h3-7H2,1-2H3. The molecule has 1 rings (SSSR count). The Morgan fingerprint density at radius 3 is 2.88 bits per heavy atom. The van der Waals surface area contributed by atoms with Crippen LogP contribution in [-0.4, -0.2) is 42.9 Å². The van der Waals surface area contributed by atoms with E-state index in [1.807, 2.05) is 0 Å². The maximum Gasteiger partial charge on any atom is 0.234 e. The Hall–Kier alpha value is -1.27. The fourth-order valence-electron chi connectivity index (χ4n) is 1.08. The van der Waals surface area contributed by atoms with Crippen LogP contribution < -0.4 is 0 Å². The van der Waals surface area contributed by atoms with E-state index in [1.165, 1.54) is 6.92 Å². The van der Waals surface area contributed by atoms with Gasteiger partial charge in [-0.25, -0.2) is 0 Å². The molecule has 1 aromatic heterocycles. The summed E-state index contributed by atoms with van der Waals surface area (Å²) in [7, 11) is 1.62. The lowest BCUT2D eigenvalue weighted by atomic mass is 10.3. The highest BCUT2D eigenvalue weighted by Gasteiger charge is 2.07. The predicted molar refractivity (Wildman–Crippen MR) is 55.1 cm³/mol. The van der Waals surface area contributed by atoms with Crippen molar-refractivity contribution >= 4 is 5.78 Å². The van der Waals surface area contributed by atoms with Crippen molar-refractivity contribution in [2.45, 2.75) is 19.8 Å². The van der Waals surface area contributed by atoms with Gasteiger partial charge in [0.05, 0.1) is 26.2 Å². The number of ketones is 1. The van der Waals surface area contributed by atoms with E-state index in [2.05, 4.69) is 10.1 Å². The Balaban J connectivity index is 2.21. The van der Waals surface area contributed by atoms with Crippen LogP contribution in [-0.2, 0) is 27.1 Å². The lowest BCUT2D eigenvalue weighted by Crippen LogP contribution is -2.05. The van der Waals surface area contributed by atoms with E-state index in [4.69, 9.17) is 14.0 Å².